The summed E-state index contributed by atoms with van der Waals surface area (Å²) < 4.78 is 0. The van der Waals surface area contributed by atoms with Crippen LogP contribution in [0.25, 0.3) is 0 Å². The Labute approximate surface area is 222 Å². The number of rotatable bonds is 8. The van der Waals surface area contributed by atoms with Crippen molar-refractivity contribution >= 4 is 95.6 Å². The fourth-order valence-corrected chi connectivity index (χ4v) is 0.544. The number of hydrogen-bond donors (Lipinski definition) is 0. The van der Waals surface area contributed by atoms with Crippen LogP contribution in [0.1, 0.15) is 0 Å². The van der Waals surface area contributed by atoms with Gasteiger partial charge in [0.05, 0.1) is 47.8 Å². The monoisotopic (exact) mass is 696 g/mol. The maximum Gasteiger partial charge on any atom is 4.00 e. The van der Waals surface area contributed by atoms with E-state index in [0.29, 0.717) is 48.6 Å². The van der Waals surface area contributed by atoms with E-state index in [9.17, 15) is 79.2 Å². The SMILES string of the molecule is O=C([O-])/C=C\C(=O)[O-].O=C([O-])/C=C\C(=O)[O-].O=C([O-])/C=C\C(=O)[O-].O=C([O-])/C=C\C(=O)[O-].[Sn+4].[Sn+4]. The average Bonchev–Trinajstić information content (AvgIpc) is 2.63. The van der Waals surface area contributed by atoms with Crippen molar-refractivity contribution in [2.45, 2.75) is 0 Å². The second kappa shape index (κ2) is 29.3. The summed E-state index contributed by atoms with van der Waals surface area (Å²) in [4.78, 5) is 75.3. The molecule has 0 aliphatic carbocycles. The molecule has 18 heteroatoms. The first-order valence-corrected chi connectivity index (χ1v) is 6.91. The number of carbonyl (C=O) groups is 8. The maximum absolute atomic E-state index is 9.41. The smallest absolute Gasteiger partial charge is 0.545 e. The third kappa shape index (κ3) is 79.4. The van der Waals surface area contributed by atoms with Crippen LogP contribution in [0.15, 0.2) is 48.6 Å². The van der Waals surface area contributed by atoms with Gasteiger partial charge < -0.3 is 79.2 Å². The molecule has 0 atom stereocenters. The second-order valence-electron chi connectivity index (χ2n) is 3.89. The van der Waals surface area contributed by atoms with Crippen molar-refractivity contribution in [3.63, 3.8) is 0 Å². The van der Waals surface area contributed by atoms with E-state index in [2.05, 4.69) is 0 Å². The van der Waals surface area contributed by atoms with Crippen molar-refractivity contribution in [1.82, 2.24) is 0 Å². The van der Waals surface area contributed by atoms with Gasteiger partial charge in [0.2, 0.25) is 0 Å². The predicted molar refractivity (Wildman–Crippen MR) is 88.1 cm³/mol. The number of aliphatic carboxylic acids is 8. The minimum atomic E-state index is -1.55. The predicted octanol–water partition coefficient (Wildman–Crippen LogP) is -12.6. The Morgan fingerprint density at radius 1 is 0.265 bits per heavy atom. The molecule has 0 saturated carbocycles. The van der Waals surface area contributed by atoms with Gasteiger partial charge in [-0.3, -0.25) is 0 Å². The zero-order valence-corrected chi connectivity index (χ0v) is 21.9. The zero-order chi connectivity index (χ0) is 26.3. The first-order valence-electron chi connectivity index (χ1n) is 6.91. The molecule has 0 aliphatic rings. The number of hydrogen-bond acceptors (Lipinski definition) is 16. The summed E-state index contributed by atoms with van der Waals surface area (Å²) in [6.45, 7) is 0. The number of carboxylic acid groups (broad SMARTS) is 8. The first-order chi connectivity index (χ1) is 14.5. The molecule has 0 amide bonds. The first kappa shape index (κ1) is 44.1. The van der Waals surface area contributed by atoms with Crippen molar-refractivity contribution in [3.8, 4) is 0 Å². The third-order valence-corrected chi connectivity index (χ3v) is 1.42. The van der Waals surface area contributed by atoms with Crippen LogP contribution in [0.2, 0.25) is 0 Å². The van der Waals surface area contributed by atoms with Gasteiger partial charge in [0.1, 0.15) is 0 Å². The van der Waals surface area contributed by atoms with Gasteiger partial charge in [0.15, 0.2) is 0 Å². The largest absolute Gasteiger partial charge is 4.00 e. The standard InChI is InChI=1S/4C4H4O4.2Sn/c4*5-3(6)1-2-4(7)8;;/h4*1-2H,(H,5,6)(H,7,8);;/q;;;;2*+4/p-8/b4*2-1-;;. The summed E-state index contributed by atoms with van der Waals surface area (Å²) in [5.41, 5.74) is 0. The van der Waals surface area contributed by atoms with Gasteiger partial charge in [-0.1, -0.05) is 0 Å². The molecule has 0 aromatic rings. The maximum atomic E-state index is 9.41. The molecule has 0 aromatic carbocycles. The van der Waals surface area contributed by atoms with Crippen molar-refractivity contribution in [2.24, 2.45) is 0 Å². The van der Waals surface area contributed by atoms with Crippen LogP contribution in [0, 0.1) is 0 Å². The molecule has 0 aliphatic heterocycles. The molecule has 0 fully saturated rings. The van der Waals surface area contributed by atoms with Crippen molar-refractivity contribution in [3.05, 3.63) is 48.6 Å². The van der Waals surface area contributed by atoms with E-state index < -0.39 is 47.8 Å². The fourth-order valence-electron chi connectivity index (χ4n) is 0.544. The van der Waals surface area contributed by atoms with Crippen LogP contribution in [-0.4, -0.2) is 95.6 Å². The minimum absolute atomic E-state index is 0. The summed E-state index contributed by atoms with van der Waals surface area (Å²) in [5.74, 6) is -12.4. The van der Waals surface area contributed by atoms with Crippen LogP contribution in [0.4, 0.5) is 0 Å². The summed E-state index contributed by atoms with van der Waals surface area (Å²) in [7, 11) is 0. The molecule has 0 aromatic heterocycles. The molecule has 0 heterocycles. The summed E-state index contributed by atoms with van der Waals surface area (Å²) in [5, 5.41) is 75.3. The molecule has 34 heavy (non-hydrogen) atoms. The Morgan fingerprint density at radius 2 is 0.324 bits per heavy atom. The second-order valence-corrected chi connectivity index (χ2v) is 3.89. The Bertz CT molecular complexity index is 623. The molecule has 176 valence electrons. The Hall–Kier alpha value is -3.68. The Balaban J connectivity index is -0.0000000754. The van der Waals surface area contributed by atoms with E-state index in [4.69, 9.17) is 0 Å². The summed E-state index contributed by atoms with van der Waals surface area (Å²) in [6.07, 6.45) is 3.07. The van der Waals surface area contributed by atoms with Crippen LogP contribution >= 0.6 is 0 Å². The van der Waals surface area contributed by atoms with Crippen LogP contribution in [-0.2, 0) is 38.4 Å². The molecule has 0 saturated heterocycles. The van der Waals surface area contributed by atoms with Crippen molar-refractivity contribution < 1.29 is 79.2 Å². The quantitative estimate of drug-likeness (QED) is 0.168. The average molecular weight is 694 g/mol. The van der Waals surface area contributed by atoms with Crippen molar-refractivity contribution in [2.75, 3.05) is 0 Å². The summed E-state index contributed by atoms with van der Waals surface area (Å²) in [6, 6.07) is 0. The van der Waals surface area contributed by atoms with E-state index in [-0.39, 0.29) is 47.8 Å². The normalized spacial score (nSPS) is 8.94. The summed E-state index contributed by atoms with van der Waals surface area (Å²) >= 11 is 0. The molecule has 0 radical (unpaired) electrons. The molecule has 16 nitrogen and oxygen atoms in total. The third-order valence-electron chi connectivity index (χ3n) is 1.42. The van der Waals surface area contributed by atoms with E-state index >= 15 is 0 Å². The Morgan fingerprint density at radius 3 is 0.353 bits per heavy atom. The molecular weight excluding hydrogens is 686 g/mol. The molecule has 0 bridgehead atoms. The molecule has 0 unspecified atom stereocenters. The van der Waals surface area contributed by atoms with E-state index in [1.807, 2.05) is 0 Å². The van der Waals surface area contributed by atoms with Crippen LogP contribution in [0.5, 0.6) is 0 Å². The van der Waals surface area contributed by atoms with Gasteiger partial charge in [-0.25, -0.2) is 0 Å². The van der Waals surface area contributed by atoms with Gasteiger partial charge in [-0.05, 0) is 48.6 Å². The van der Waals surface area contributed by atoms with E-state index in [1.54, 1.807) is 0 Å². The van der Waals surface area contributed by atoms with Crippen LogP contribution in [0.3, 0.4) is 0 Å². The fraction of sp³-hybridized carbons (Fsp3) is 0. The van der Waals surface area contributed by atoms with Gasteiger partial charge >= 0.3 is 47.8 Å². The zero-order valence-electron chi connectivity index (χ0n) is 16.2. The van der Waals surface area contributed by atoms with Gasteiger partial charge in [-0.15, -0.1) is 0 Å². The van der Waals surface area contributed by atoms with E-state index in [0.717, 1.165) is 0 Å². The topological polar surface area (TPSA) is 321 Å². The van der Waals surface area contributed by atoms with E-state index in [1.165, 1.54) is 0 Å². The number of carboxylic acids is 8. The molecular formula is C16H8O16Sn2. The van der Waals surface area contributed by atoms with Gasteiger partial charge in [0.25, 0.3) is 0 Å². The van der Waals surface area contributed by atoms with Crippen molar-refractivity contribution in [1.29, 1.82) is 0 Å². The van der Waals surface area contributed by atoms with Gasteiger partial charge in [-0.2, -0.15) is 0 Å². The van der Waals surface area contributed by atoms with Crippen LogP contribution < -0.4 is 40.9 Å². The van der Waals surface area contributed by atoms with Gasteiger partial charge in [0, 0.05) is 0 Å². The Kier molecular flexibility index (Phi) is 38.0. The molecule has 0 rings (SSSR count). The minimum Gasteiger partial charge on any atom is -0.545 e. The number of carbonyl (C=O) groups excluding carboxylic acids is 8. The molecule has 0 spiro atoms. The molecule has 0 N–H and O–H groups in total.